The fourth-order valence-corrected chi connectivity index (χ4v) is 2.37. The molecule has 0 fully saturated rings. The van der Waals surface area contributed by atoms with Crippen LogP contribution in [0.2, 0.25) is 0 Å². The molecular weight excluding hydrogens is 222 g/mol. The lowest BCUT2D eigenvalue weighted by Gasteiger charge is -2.24. The lowest BCUT2D eigenvalue weighted by molar-refractivity contribution is -0.196. The fraction of sp³-hybridized carbons (Fsp3) is 0.333. The van der Waals surface area contributed by atoms with Crippen molar-refractivity contribution in [3.05, 3.63) is 35.2 Å². The summed E-state index contributed by atoms with van der Waals surface area (Å²) in [5.74, 6) is -1.27. The van der Waals surface area contributed by atoms with Gasteiger partial charge in [-0.15, -0.1) is 11.3 Å². The van der Waals surface area contributed by atoms with E-state index in [0.29, 0.717) is 13.2 Å². The first-order valence-electron chi connectivity index (χ1n) is 5.17. The molecule has 1 aromatic heterocycles. The molecule has 0 amide bonds. The number of benzene rings is 1. The molecule has 3 N–H and O–H groups in total. The van der Waals surface area contributed by atoms with E-state index in [1.807, 2.05) is 29.6 Å². The quantitative estimate of drug-likeness (QED) is 0.800. The van der Waals surface area contributed by atoms with Crippen molar-refractivity contribution < 1.29 is 9.84 Å². The van der Waals surface area contributed by atoms with Crippen LogP contribution in [0.4, 0.5) is 0 Å². The maximum atomic E-state index is 10.1. The molecule has 2 aromatic rings. The van der Waals surface area contributed by atoms with Crippen molar-refractivity contribution in [3.8, 4) is 0 Å². The van der Waals surface area contributed by atoms with E-state index in [4.69, 9.17) is 10.5 Å². The van der Waals surface area contributed by atoms with Crippen LogP contribution in [0.1, 0.15) is 12.5 Å². The second kappa shape index (κ2) is 4.51. The zero-order valence-corrected chi connectivity index (χ0v) is 9.96. The van der Waals surface area contributed by atoms with E-state index in [1.165, 1.54) is 4.70 Å². The van der Waals surface area contributed by atoms with E-state index >= 15 is 0 Å². The van der Waals surface area contributed by atoms with E-state index in [1.54, 1.807) is 18.3 Å². The van der Waals surface area contributed by atoms with Gasteiger partial charge in [0.1, 0.15) is 0 Å². The van der Waals surface area contributed by atoms with Gasteiger partial charge in [0.25, 0.3) is 0 Å². The molecule has 1 atom stereocenters. The van der Waals surface area contributed by atoms with Crippen LogP contribution in [-0.4, -0.2) is 18.3 Å². The number of fused-ring (bicyclic) bond motifs is 1. The Kier molecular flexibility index (Phi) is 3.25. The number of hydrogen-bond acceptors (Lipinski definition) is 4. The van der Waals surface area contributed by atoms with E-state index in [2.05, 4.69) is 0 Å². The van der Waals surface area contributed by atoms with Crippen molar-refractivity contribution in [2.24, 2.45) is 5.73 Å². The number of rotatable bonds is 4. The van der Waals surface area contributed by atoms with Crippen LogP contribution >= 0.6 is 11.3 Å². The first-order chi connectivity index (χ1) is 7.63. The van der Waals surface area contributed by atoms with Crippen molar-refractivity contribution in [1.82, 2.24) is 0 Å². The zero-order chi connectivity index (χ0) is 11.6. The summed E-state index contributed by atoms with van der Waals surface area (Å²) in [6.07, 6.45) is 0. The van der Waals surface area contributed by atoms with Crippen LogP contribution in [0.5, 0.6) is 0 Å². The Morgan fingerprint density at radius 2 is 2.25 bits per heavy atom. The van der Waals surface area contributed by atoms with Gasteiger partial charge in [0.15, 0.2) is 5.79 Å². The highest BCUT2D eigenvalue weighted by Crippen LogP contribution is 2.28. The van der Waals surface area contributed by atoms with E-state index in [9.17, 15) is 5.11 Å². The second-order valence-electron chi connectivity index (χ2n) is 3.79. The predicted molar refractivity (Wildman–Crippen MR) is 66.4 cm³/mol. The Labute approximate surface area is 98.5 Å². The third kappa shape index (κ3) is 2.25. The summed E-state index contributed by atoms with van der Waals surface area (Å²) in [7, 11) is 0. The Morgan fingerprint density at radius 3 is 3.00 bits per heavy atom. The molecule has 3 nitrogen and oxygen atoms in total. The lowest BCUT2D eigenvalue weighted by atomic mass is 10.1. The van der Waals surface area contributed by atoms with Gasteiger partial charge in [-0.25, -0.2) is 0 Å². The van der Waals surface area contributed by atoms with Gasteiger partial charge in [-0.2, -0.15) is 0 Å². The lowest BCUT2D eigenvalue weighted by Crippen LogP contribution is -2.28. The minimum atomic E-state index is -1.27. The Hall–Kier alpha value is -0.940. The van der Waals surface area contributed by atoms with Gasteiger partial charge in [-0.05, 0) is 35.9 Å². The fourth-order valence-electron chi connectivity index (χ4n) is 1.60. The first kappa shape index (κ1) is 11.5. The summed E-state index contributed by atoms with van der Waals surface area (Å²) < 4.78 is 6.53. The van der Waals surface area contributed by atoms with E-state index in [0.717, 1.165) is 10.9 Å². The summed E-state index contributed by atoms with van der Waals surface area (Å²) in [5, 5.41) is 13.3. The van der Waals surface area contributed by atoms with Crippen LogP contribution in [0, 0.1) is 0 Å². The molecule has 0 aliphatic rings. The molecule has 0 aliphatic carbocycles. The molecular formula is C12H15NO2S. The molecule has 1 unspecified atom stereocenters. The van der Waals surface area contributed by atoms with Gasteiger partial charge in [0, 0.05) is 16.8 Å². The molecule has 0 bridgehead atoms. The largest absolute Gasteiger partial charge is 0.362 e. The molecule has 0 aliphatic heterocycles. The smallest absolute Gasteiger partial charge is 0.189 e. The topological polar surface area (TPSA) is 55.5 Å². The summed E-state index contributed by atoms with van der Waals surface area (Å²) in [6.45, 7) is 2.38. The number of ether oxygens (including phenoxy) is 1. The average Bonchev–Trinajstić information content (AvgIpc) is 2.73. The molecule has 86 valence electrons. The molecule has 0 saturated heterocycles. The molecule has 16 heavy (non-hydrogen) atoms. The summed E-state index contributed by atoms with van der Waals surface area (Å²) in [6, 6.07) is 7.86. The molecule has 2 rings (SSSR count). The normalized spacial score (nSPS) is 15.2. The zero-order valence-electron chi connectivity index (χ0n) is 9.14. The highest BCUT2D eigenvalue weighted by atomic mass is 32.1. The standard InChI is InChI=1S/C12H15NO2S/c1-12(14,15-6-5-13)10-2-3-11-9(8-10)4-7-16-11/h2-4,7-8,14H,5-6,13H2,1H3. The van der Waals surface area contributed by atoms with Gasteiger partial charge >= 0.3 is 0 Å². The van der Waals surface area contributed by atoms with Crippen LogP contribution in [-0.2, 0) is 10.5 Å². The van der Waals surface area contributed by atoms with Crippen molar-refractivity contribution in [2.75, 3.05) is 13.2 Å². The number of thiophene rings is 1. The van der Waals surface area contributed by atoms with Gasteiger partial charge < -0.3 is 15.6 Å². The maximum absolute atomic E-state index is 10.1. The third-order valence-corrected chi connectivity index (χ3v) is 3.39. The van der Waals surface area contributed by atoms with Crippen molar-refractivity contribution in [1.29, 1.82) is 0 Å². The SMILES string of the molecule is CC(O)(OCCN)c1ccc2sccc2c1. The number of aliphatic hydroxyl groups is 1. The highest BCUT2D eigenvalue weighted by Gasteiger charge is 2.23. The predicted octanol–water partition coefficient (Wildman–Crippen LogP) is 2.04. The van der Waals surface area contributed by atoms with Gasteiger partial charge in [0.05, 0.1) is 6.61 Å². The molecule has 0 saturated carbocycles. The van der Waals surface area contributed by atoms with Crippen molar-refractivity contribution in [2.45, 2.75) is 12.7 Å². The van der Waals surface area contributed by atoms with Gasteiger partial charge in [-0.3, -0.25) is 0 Å². The number of hydrogen-bond donors (Lipinski definition) is 2. The third-order valence-electron chi connectivity index (χ3n) is 2.49. The number of nitrogens with two attached hydrogens (primary N) is 1. The van der Waals surface area contributed by atoms with E-state index in [-0.39, 0.29) is 0 Å². The van der Waals surface area contributed by atoms with Crippen molar-refractivity contribution >= 4 is 21.4 Å². The molecule has 4 heteroatoms. The van der Waals surface area contributed by atoms with Crippen LogP contribution < -0.4 is 5.73 Å². The Balaban J connectivity index is 2.30. The highest BCUT2D eigenvalue weighted by molar-refractivity contribution is 7.17. The summed E-state index contributed by atoms with van der Waals surface area (Å²) in [4.78, 5) is 0. The van der Waals surface area contributed by atoms with Crippen LogP contribution in [0.15, 0.2) is 29.6 Å². The monoisotopic (exact) mass is 237 g/mol. The molecule has 1 aromatic carbocycles. The molecule has 0 spiro atoms. The minimum absolute atomic E-state index is 0.342. The average molecular weight is 237 g/mol. The Bertz CT molecular complexity index is 479. The van der Waals surface area contributed by atoms with Crippen LogP contribution in [0.25, 0.3) is 10.1 Å². The summed E-state index contributed by atoms with van der Waals surface area (Å²) >= 11 is 1.68. The van der Waals surface area contributed by atoms with Gasteiger partial charge in [-0.1, -0.05) is 6.07 Å². The second-order valence-corrected chi connectivity index (χ2v) is 4.74. The molecule has 1 heterocycles. The minimum Gasteiger partial charge on any atom is -0.362 e. The first-order valence-corrected chi connectivity index (χ1v) is 6.05. The van der Waals surface area contributed by atoms with Crippen LogP contribution in [0.3, 0.4) is 0 Å². The Morgan fingerprint density at radius 1 is 1.44 bits per heavy atom. The van der Waals surface area contributed by atoms with E-state index < -0.39 is 5.79 Å². The van der Waals surface area contributed by atoms with Crippen molar-refractivity contribution in [3.63, 3.8) is 0 Å². The van der Waals surface area contributed by atoms with Gasteiger partial charge in [0.2, 0.25) is 0 Å². The molecule has 0 radical (unpaired) electrons. The summed E-state index contributed by atoms with van der Waals surface area (Å²) in [5.41, 5.74) is 6.11. The maximum Gasteiger partial charge on any atom is 0.189 e.